The van der Waals surface area contributed by atoms with E-state index in [9.17, 15) is 0 Å². The number of rotatable bonds is 5. The van der Waals surface area contributed by atoms with Gasteiger partial charge in [-0.2, -0.15) is 0 Å². The zero-order chi connectivity index (χ0) is 17.9. The van der Waals surface area contributed by atoms with Crippen molar-refractivity contribution in [2.45, 2.75) is 13.0 Å². The summed E-state index contributed by atoms with van der Waals surface area (Å²) < 4.78 is 7.27. The molecule has 3 heterocycles. The van der Waals surface area contributed by atoms with E-state index in [1.54, 1.807) is 13.3 Å². The third-order valence-corrected chi connectivity index (χ3v) is 4.40. The van der Waals surface area contributed by atoms with Crippen LogP contribution >= 0.6 is 0 Å². The summed E-state index contributed by atoms with van der Waals surface area (Å²) in [6.07, 6.45) is 7.61. The van der Waals surface area contributed by atoms with Gasteiger partial charge in [-0.1, -0.05) is 18.2 Å². The number of anilines is 1. The van der Waals surface area contributed by atoms with Gasteiger partial charge in [-0.25, -0.2) is 4.98 Å². The van der Waals surface area contributed by atoms with Crippen LogP contribution in [0.15, 0.2) is 73.3 Å². The number of methoxy groups -OCH3 is 1. The zero-order valence-electron chi connectivity index (χ0n) is 14.8. The SMILES string of the molecule is COc1cncc(C(C)Nc2ccc(-c3cn4ccccc4n3)cc2)c1. The highest BCUT2D eigenvalue weighted by atomic mass is 16.5. The van der Waals surface area contributed by atoms with Crippen molar-refractivity contribution in [1.82, 2.24) is 14.4 Å². The molecule has 1 N–H and O–H groups in total. The molecule has 0 saturated carbocycles. The number of ether oxygens (including phenoxy) is 1. The molecule has 1 aromatic carbocycles. The lowest BCUT2D eigenvalue weighted by Gasteiger charge is -2.16. The van der Waals surface area contributed by atoms with Crippen LogP contribution in [0.25, 0.3) is 16.9 Å². The van der Waals surface area contributed by atoms with Crippen molar-refractivity contribution in [3.8, 4) is 17.0 Å². The van der Waals surface area contributed by atoms with Crippen LogP contribution in [-0.4, -0.2) is 21.5 Å². The Morgan fingerprint density at radius 1 is 1.08 bits per heavy atom. The number of pyridine rings is 2. The van der Waals surface area contributed by atoms with Gasteiger partial charge in [0.15, 0.2) is 0 Å². The van der Waals surface area contributed by atoms with Crippen LogP contribution in [0.2, 0.25) is 0 Å². The minimum atomic E-state index is 0.124. The maximum atomic E-state index is 5.25. The molecule has 0 amide bonds. The fourth-order valence-corrected chi connectivity index (χ4v) is 2.93. The lowest BCUT2D eigenvalue weighted by molar-refractivity contribution is 0.412. The molecule has 26 heavy (non-hydrogen) atoms. The van der Waals surface area contributed by atoms with Crippen molar-refractivity contribution in [2.75, 3.05) is 12.4 Å². The number of nitrogens with zero attached hydrogens (tertiary/aromatic N) is 3. The molecular weight excluding hydrogens is 324 g/mol. The quantitative estimate of drug-likeness (QED) is 0.576. The molecule has 0 aliphatic rings. The summed E-state index contributed by atoms with van der Waals surface area (Å²) in [5.41, 5.74) is 5.13. The Kier molecular flexibility index (Phi) is 4.27. The van der Waals surface area contributed by atoms with Gasteiger partial charge in [0.25, 0.3) is 0 Å². The summed E-state index contributed by atoms with van der Waals surface area (Å²) >= 11 is 0. The summed E-state index contributed by atoms with van der Waals surface area (Å²) in [4.78, 5) is 8.88. The third-order valence-electron chi connectivity index (χ3n) is 4.40. The molecule has 0 bridgehead atoms. The molecule has 1 atom stereocenters. The predicted molar refractivity (Wildman–Crippen MR) is 103 cm³/mol. The number of aromatic nitrogens is 3. The van der Waals surface area contributed by atoms with Gasteiger partial charge in [0.05, 0.1) is 25.0 Å². The van der Waals surface area contributed by atoms with E-state index >= 15 is 0 Å². The third kappa shape index (κ3) is 3.24. The molecule has 130 valence electrons. The molecule has 0 aliphatic heterocycles. The van der Waals surface area contributed by atoms with Crippen LogP contribution in [0.5, 0.6) is 5.75 Å². The van der Waals surface area contributed by atoms with Crippen LogP contribution < -0.4 is 10.1 Å². The Labute approximate surface area is 152 Å². The molecule has 1 unspecified atom stereocenters. The highest BCUT2D eigenvalue weighted by Crippen LogP contribution is 2.25. The number of hydrogen-bond acceptors (Lipinski definition) is 4. The first-order valence-electron chi connectivity index (χ1n) is 8.52. The second-order valence-electron chi connectivity index (χ2n) is 6.19. The molecule has 0 radical (unpaired) electrons. The topological polar surface area (TPSA) is 51.5 Å². The van der Waals surface area contributed by atoms with Crippen molar-refractivity contribution in [3.63, 3.8) is 0 Å². The van der Waals surface area contributed by atoms with Gasteiger partial charge < -0.3 is 14.5 Å². The summed E-state index contributed by atoms with van der Waals surface area (Å²) in [6, 6.07) is 16.4. The second kappa shape index (κ2) is 6.88. The largest absolute Gasteiger partial charge is 0.495 e. The fourth-order valence-electron chi connectivity index (χ4n) is 2.93. The van der Waals surface area contributed by atoms with Gasteiger partial charge in [-0.15, -0.1) is 0 Å². The number of nitrogens with one attached hydrogen (secondary N) is 1. The monoisotopic (exact) mass is 344 g/mol. The van der Waals surface area contributed by atoms with Gasteiger partial charge in [0.2, 0.25) is 0 Å². The summed E-state index contributed by atoms with van der Waals surface area (Å²) in [5, 5.41) is 3.49. The number of fused-ring (bicyclic) bond motifs is 1. The number of hydrogen-bond donors (Lipinski definition) is 1. The molecule has 0 fully saturated rings. The van der Waals surface area contributed by atoms with E-state index in [1.807, 2.05) is 47.3 Å². The Hall–Kier alpha value is -3.34. The first kappa shape index (κ1) is 16.1. The highest BCUT2D eigenvalue weighted by Gasteiger charge is 2.08. The molecule has 0 aliphatic carbocycles. The van der Waals surface area contributed by atoms with Crippen LogP contribution in [0, 0.1) is 0 Å². The van der Waals surface area contributed by atoms with E-state index in [-0.39, 0.29) is 6.04 Å². The van der Waals surface area contributed by atoms with Crippen molar-refractivity contribution < 1.29 is 4.74 Å². The van der Waals surface area contributed by atoms with E-state index in [2.05, 4.69) is 46.5 Å². The van der Waals surface area contributed by atoms with Gasteiger partial charge in [0.1, 0.15) is 11.4 Å². The minimum Gasteiger partial charge on any atom is -0.495 e. The van der Waals surface area contributed by atoms with E-state index in [4.69, 9.17) is 4.74 Å². The summed E-state index contributed by atoms with van der Waals surface area (Å²) in [5.74, 6) is 0.762. The van der Waals surface area contributed by atoms with Gasteiger partial charge in [-0.3, -0.25) is 4.98 Å². The van der Waals surface area contributed by atoms with E-state index in [0.29, 0.717) is 0 Å². The maximum absolute atomic E-state index is 5.25. The Morgan fingerprint density at radius 3 is 2.69 bits per heavy atom. The maximum Gasteiger partial charge on any atom is 0.137 e. The molecule has 4 aromatic rings. The molecule has 5 nitrogen and oxygen atoms in total. The minimum absolute atomic E-state index is 0.124. The first-order chi connectivity index (χ1) is 12.7. The Balaban J connectivity index is 1.52. The van der Waals surface area contributed by atoms with Crippen LogP contribution in [-0.2, 0) is 0 Å². The highest BCUT2D eigenvalue weighted by molar-refractivity contribution is 5.65. The van der Waals surface area contributed by atoms with Crippen molar-refractivity contribution in [1.29, 1.82) is 0 Å². The normalized spacial score (nSPS) is 12.1. The van der Waals surface area contributed by atoms with E-state index in [0.717, 1.165) is 33.9 Å². The zero-order valence-corrected chi connectivity index (χ0v) is 14.8. The van der Waals surface area contributed by atoms with Crippen LogP contribution in [0.4, 0.5) is 5.69 Å². The van der Waals surface area contributed by atoms with E-state index in [1.165, 1.54) is 0 Å². The van der Waals surface area contributed by atoms with Crippen LogP contribution in [0.3, 0.4) is 0 Å². The average molecular weight is 344 g/mol. The van der Waals surface area contributed by atoms with Crippen molar-refractivity contribution in [2.24, 2.45) is 0 Å². The summed E-state index contributed by atoms with van der Waals surface area (Å²) in [6.45, 7) is 2.10. The van der Waals surface area contributed by atoms with Crippen molar-refractivity contribution >= 4 is 11.3 Å². The van der Waals surface area contributed by atoms with E-state index < -0.39 is 0 Å². The van der Waals surface area contributed by atoms with Gasteiger partial charge in [0, 0.05) is 29.8 Å². The van der Waals surface area contributed by atoms with Crippen molar-refractivity contribution in [3.05, 3.63) is 78.9 Å². The molecular formula is C21H20N4O. The molecule has 0 spiro atoms. The lowest BCUT2D eigenvalue weighted by atomic mass is 10.1. The number of imidazole rings is 1. The average Bonchev–Trinajstić information content (AvgIpc) is 3.13. The lowest BCUT2D eigenvalue weighted by Crippen LogP contribution is -2.07. The standard InChI is InChI=1S/C21H20N4O/c1-15(17-11-19(26-2)13-22-12-17)23-18-8-6-16(7-9-18)20-14-25-10-4-3-5-21(25)24-20/h3-15,23H,1-2H3. The molecule has 3 aromatic heterocycles. The smallest absolute Gasteiger partial charge is 0.137 e. The first-order valence-corrected chi connectivity index (χ1v) is 8.52. The van der Waals surface area contributed by atoms with Gasteiger partial charge >= 0.3 is 0 Å². The van der Waals surface area contributed by atoms with Gasteiger partial charge in [-0.05, 0) is 42.8 Å². The van der Waals surface area contributed by atoms with Crippen LogP contribution in [0.1, 0.15) is 18.5 Å². The molecule has 4 rings (SSSR count). The summed E-state index contributed by atoms with van der Waals surface area (Å²) in [7, 11) is 1.65. The Morgan fingerprint density at radius 2 is 1.92 bits per heavy atom. The predicted octanol–water partition coefficient (Wildman–Crippen LogP) is 4.58. The fraction of sp³-hybridized carbons (Fsp3) is 0.143. The molecule has 0 saturated heterocycles. The number of benzene rings is 1. The second-order valence-corrected chi connectivity index (χ2v) is 6.19. The molecule has 5 heteroatoms. The Bertz CT molecular complexity index is 991.